The highest BCUT2D eigenvalue weighted by molar-refractivity contribution is 7.92. The predicted octanol–water partition coefficient (Wildman–Crippen LogP) is 0.899. The Morgan fingerprint density at radius 2 is 1.92 bits per heavy atom. The van der Waals surface area contributed by atoms with Gasteiger partial charge in [-0.2, -0.15) is 12.7 Å². The SMILES string of the molecule is CCS(=O)(=O)Nc1cccc(Cc2cn(S(=O)(=O)N(C)C)cn2)c1OC. The number of para-hydroxylation sites is 1. The number of benzene rings is 1. The van der Waals surface area contributed by atoms with Crippen molar-refractivity contribution in [1.29, 1.82) is 0 Å². The molecule has 0 aliphatic carbocycles. The molecule has 11 heteroatoms. The maximum absolute atomic E-state index is 12.1. The molecule has 1 aromatic heterocycles. The molecule has 0 spiro atoms. The fraction of sp³-hybridized carbons (Fsp3) is 0.400. The Morgan fingerprint density at radius 3 is 2.50 bits per heavy atom. The molecule has 9 nitrogen and oxygen atoms in total. The second kappa shape index (κ2) is 7.64. The molecule has 0 amide bonds. The van der Waals surface area contributed by atoms with Gasteiger partial charge in [0, 0.05) is 32.3 Å². The van der Waals surface area contributed by atoms with Gasteiger partial charge in [0.15, 0.2) is 0 Å². The molecule has 0 atom stereocenters. The molecule has 1 aromatic carbocycles. The van der Waals surface area contributed by atoms with Crippen molar-refractivity contribution in [2.75, 3.05) is 31.7 Å². The van der Waals surface area contributed by atoms with Gasteiger partial charge in [-0.05, 0) is 13.0 Å². The van der Waals surface area contributed by atoms with Crippen molar-refractivity contribution in [3.05, 3.63) is 42.0 Å². The summed E-state index contributed by atoms with van der Waals surface area (Å²) >= 11 is 0. The van der Waals surface area contributed by atoms with E-state index in [1.807, 2.05) is 0 Å². The molecule has 2 rings (SSSR count). The van der Waals surface area contributed by atoms with Crippen LogP contribution in [0, 0.1) is 0 Å². The van der Waals surface area contributed by atoms with Crippen LogP contribution in [0.4, 0.5) is 5.69 Å². The largest absolute Gasteiger partial charge is 0.494 e. The van der Waals surface area contributed by atoms with Crippen LogP contribution in [0.15, 0.2) is 30.7 Å². The highest BCUT2D eigenvalue weighted by Gasteiger charge is 2.18. The Hall–Kier alpha value is -2.11. The lowest BCUT2D eigenvalue weighted by molar-refractivity contribution is 0.412. The van der Waals surface area contributed by atoms with Crippen molar-refractivity contribution >= 4 is 25.9 Å². The summed E-state index contributed by atoms with van der Waals surface area (Å²) in [4.78, 5) is 4.12. The van der Waals surface area contributed by atoms with Crippen molar-refractivity contribution in [3.8, 4) is 5.75 Å². The number of methoxy groups -OCH3 is 1. The van der Waals surface area contributed by atoms with E-state index >= 15 is 0 Å². The number of anilines is 1. The normalized spacial score (nSPS) is 12.3. The number of nitrogens with zero attached hydrogens (tertiary/aromatic N) is 3. The Labute approximate surface area is 153 Å². The first-order chi connectivity index (χ1) is 12.1. The quantitative estimate of drug-likeness (QED) is 0.702. The van der Waals surface area contributed by atoms with Gasteiger partial charge in [-0.1, -0.05) is 12.1 Å². The van der Waals surface area contributed by atoms with Gasteiger partial charge in [0.25, 0.3) is 0 Å². The van der Waals surface area contributed by atoms with Crippen LogP contribution in [0.2, 0.25) is 0 Å². The lowest BCUT2D eigenvalue weighted by Crippen LogP contribution is -2.27. The molecule has 0 aliphatic heterocycles. The third kappa shape index (κ3) is 4.34. The first-order valence-electron chi connectivity index (χ1n) is 7.73. The third-order valence-corrected chi connectivity index (χ3v) is 6.61. The second-order valence-corrected chi connectivity index (χ2v) is 9.72. The maximum Gasteiger partial charge on any atom is 0.308 e. The van der Waals surface area contributed by atoms with E-state index in [-0.39, 0.29) is 12.2 Å². The van der Waals surface area contributed by atoms with Gasteiger partial charge in [-0.3, -0.25) is 4.72 Å². The Bertz CT molecular complexity index is 981. The van der Waals surface area contributed by atoms with Crippen LogP contribution in [-0.4, -0.2) is 57.1 Å². The Morgan fingerprint density at radius 1 is 1.23 bits per heavy atom. The van der Waals surface area contributed by atoms with Crippen LogP contribution < -0.4 is 9.46 Å². The molecular formula is C15H22N4O5S2. The average molecular weight is 402 g/mol. The molecule has 0 saturated heterocycles. The molecule has 0 aliphatic rings. The van der Waals surface area contributed by atoms with Crippen LogP contribution in [0.25, 0.3) is 0 Å². The van der Waals surface area contributed by atoms with Gasteiger partial charge < -0.3 is 4.74 Å². The number of aromatic nitrogens is 2. The van der Waals surface area contributed by atoms with E-state index in [1.54, 1.807) is 18.2 Å². The van der Waals surface area contributed by atoms with E-state index in [9.17, 15) is 16.8 Å². The lowest BCUT2D eigenvalue weighted by atomic mass is 10.1. The molecule has 26 heavy (non-hydrogen) atoms. The van der Waals surface area contributed by atoms with Crippen molar-refractivity contribution in [3.63, 3.8) is 0 Å². The van der Waals surface area contributed by atoms with Crippen LogP contribution in [0.1, 0.15) is 18.2 Å². The summed E-state index contributed by atoms with van der Waals surface area (Å²) in [5.74, 6) is 0.308. The summed E-state index contributed by atoms with van der Waals surface area (Å²) < 4.78 is 57.8. The molecule has 0 radical (unpaired) electrons. The number of sulfonamides is 1. The molecule has 2 aromatic rings. The zero-order valence-corrected chi connectivity index (χ0v) is 16.6. The van der Waals surface area contributed by atoms with Crippen molar-refractivity contribution in [2.24, 2.45) is 0 Å². The second-order valence-electron chi connectivity index (χ2n) is 5.67. The predicted molar refractivity (Wildman–Crippen MR) is 99.1 cm³/mol. The van der Waals surface area contributed by atoms with E-state index in [0.29, 0.717) is 22.7 Å². The monoisotopic (exact) mass is 402 g/mol. The molecule has 0 bridgehead atoms. The highest BCUT2D eigenvalue weighted by atomic mass is 32.2. The molecular weight excluding hydrogens is 380 g/mol. The number of hydrogen-bond donors (Lipinski definition) is 1. The first-order valence-corrected chi connectivity index (χ1v) is 10.8. The smallest absolute Gasteiger partial charge is 0.308 e. The van der Waals surface area contributed by atoms with Crippen LogP contribution in [-0.2, 0) is 26.7 Å². The summed E-state index contributed by atoms with van der Waals surface area (Å²) in [7, 11) is -2.78. The van der Waals surface area contributed by atoms with E-state index in [1.165, 1.54) is 40.7 Å². The van der Waals surface area contributed by atoms with Crippen molar-refractivity contribution in [1.82, 2.24) is 13.3 Å². The van der Waals surface area contributed by atoms with Gasteiger partial charge in [0.05, 0.1) is 24.2 Å². The summed E-state index contributed by atoms with van der Waals surface area (Å²) in [6.45, 7) is 1.54. The molecule has 1 N–H and O–H groups in total. The summed E-state index contributed by atoms with van der Waals surface area (Å²) in [5, 5.41) is 0. The number of nitrogens with one attached hydrogen (secondary N) is 1. The zero-order chi connectivity index (χ0) is 19.5. The minimum atomic E-state index is -3.64. The van der Waals surface area contributed by atoms with Crippen molar-refractivity contribution in [2.45, 2.75) is 13.3 Å². The summed E-state index contributed by atoms with van der Waals surface area (Å²) in [6.07, 6.45) is 2.92. The molecule has 0 unspecified atom stereocenters. The van der Waals surface area contributed by atoms with Gasteiger partial charge in [-0.25, -0.2) is 17.4 Å². The van der Waals surface area contributed by atoms with Gasteiger partial charge in [0.2, 0.25) is 10.0 Å². The minimum Gasteiger partial charge on any atom is -0.494 e. The lowest BCUT2D eigenvalue weighted by Gasteiger charge is -2.14. The fourth-order valence-electron chi connectivity index (χ4n) is 2.23. The maximum atomic E-state index is 12.1. The topological polar surface area (TPSA) is 111 Å². The molecule has 144 valence electrons. The zero-order valence-electron chi connectivity index (χ0n) is 15.0. The fourth-order valence-corrected chi connectivity index (χ4v) is 3.67. The molecule has 0 fully saturated rings. The molecule has 0 saturated carbocycles. The van der Waals surface area contributed by atoms with Crippen LogP contribution in [0.5, 0.6) is 5.75 Å². The van der Waals surface area contributed by atoms with E-state index in [4.69, 9.17) is 4.74 Å². The van der Waals surface area contributed by atoms with E-state index in [0.717, 1.165) is 8.28 Å². The minimum absolute atomic E-state index is 0.0623. The third-order valence-electron chi connectivity index (χ3n) is 3.66. The van der Waals surface area contributed by atoms with Gasteiger partial charge >= 0.3 is 10.2 Å². The first kappa shape index (κ1) is 20.2. The average Bonchev–Trinajstić information content (AvgIpc) is 3.04. The number of hydrogen-bond acceptors (Lipinski definition) is 6. The molecule has 1 heterocycles. The number of ether oxygens (including phenoxy) is 1. The Balaban J connectivity index is 2.35. The van der Waals surface area contributed by atoms with Crippen LogP contribution >= 0.6 is 0 Å². The summed E-state index contributed by atoms with van der Waals surface area (Å²) in [5.41, 5.74) is 1.51. The standard InChI is InChI=1S/C15H22N4O5S2/c1-5-25(20,21)17-14-8-6-7-12(15(14)24-4)9-13-10-19(11-16-13)26(22,23)18(2)3/h6-8,10-11,17H,5,9H2,1-4H3. The van der Waals surface area contributed by atoms with Gasteiger partial charge in [0.1, 0.15) is 12.1 Å². The number of imidazole rings is 1. The van der Waals surface area contributed by atoms with E-state index in [2.05, 4.69) is 9.71 Å². The van der Waals surface area contributed by atoms with Crippen LogP contribution in [0.3, 0.4) is 0 Å². The van der Waals surface area contributed by atoms with Gasteiger partial charge in [-0.15, -0.1) is 0 Å². The Kier molecular flexibility index (Phi) is 5.94. The highest BCUT2D eigenvalue weighted by Crippen LogP contribution is 2.31. The van der Waals surface area contributed by atoms with E-state index < -0.39 is 20.2 Å². The number of rotatable bonds is 8. The van der Waals surface area contributed by atoms with Crippen molar-refractivity contribution < 1.29 is 21.6 Å². The summed E-state index contributed by atoms with van der Waals surface area (Å²) in [6, 6.07) is 5.06.